The van der Waals surface area contributed by atoms with E-state index in [1.54, 1.807) is 29.5 Å². The molecule has 0 atom stereocenters. The SMILES string of the molecule is CCOc1cnc(-c2cccc(Cc3nn(-c4cnn(CC)c4)ccc3=O)c2)nc1. The van der Waals surface area contributed by atoms with Gasteiger partial charge >= 0.3 is 0 Å². The maximum absolute atomic E-state index is 12.4. The molecule has 0 radical (unpaired) electrons. The third-order valence-electron chi connectivity index (χ3n) is 4.58. The van der Waals surface area contributed by atoms with Crippen molar-refractivity contribution in [3.05, 3.63) is 82.8 Å². The molecule has 0 saturated heterocycles. The van der Waals surface area contributed by atoms with Crippen LogP contribution in [-0.4, -0.2) is 36.1 Å². The molecule has 0 N–H and O–H groups in total. The first-order valence-electron chi connectivity index (χ1n) is 9.82. The second-order valence-electron chi connectivity index (χ2n) is 6.68. The van der Waals surface area contributed by atoms with E-state index in [1.165, 1.54) is 6.07 Å². The van der Waals surface area contributed by atoms with Gasteiger partial charge in [-0.15, -0.1) is 0 Å². The second kappa shape index (κ2) is 8.69. The Morgan fingerprint density at radius 2 is 1.90 bits per heavy atom. The van der Waals surface area contributed by atoms with Gasteiger partial charge in [0.15, 0.2) is 11.6 Å². The molecule has 4 rings (SSSR count). The molecule has 0 fully saturated rings. The molecule has 1 aromatic carbocycles. The lowest BCUT2D eigenvalue weighted by molar-refractivity contribution is 0.337. The average Bonchev–Trinajstić information content (AvgIpc) is 3.26. The smallest absolute Gasteiger partial charge is 0.203 e. The van der Waals surface area contributed by atoms with E-state index in [0.29, 0.717) is 30.3 Å². The van der Waals surface area contributed by atoms with Gasteiger partial charge in [0.1, 0.15) is 11.4 Å². The molecule has 0 aliphatic rings. The van der Waals surface area contributed by atoms with Gasteiger partial charge in [-0.25, -0.2) is 14.6 Å². The van der Waals surface area contributed by atoms with Crippen molar-refractivity contribution >= 4 is 0 Å². The number of ether oxygens (including phenoxy) is 1. The number of aromatic nitrogens is 6. The summed E-state index contributed by atoms with van der Waals surface area (Å²) in [6, 6.07) is 9.34. The molecule has 0 bridgehead atoms. The molecule has 0 unspecified atom stereocenters. The van der Waals surface area contributed by atoms with E-state index in [2.05, 4.69) is 20.2 Å². The van der Waals surface area contributed by atoms with Crippen molar-refractivity contribution in [2.75, 3.05) is 6.61 Å². The zero-order valence-electron chi connectivity index (χ0n) is 16.9. The zero-order valence-corrected chi connectivity index (χ0v) is 16.9. The number of benzene rings is 1. The van der Waals surface area contributed by atoms with Gasteiger partial charge in [0, 0.05) is 30.8 Å². The molecular formula is C22H22N6O2. The summed E-state index contributed by atoms with van der Waals surface area (Å²) < 4.78 is 8.88. The predicted octanol–water partition coefficient (Wildman–Crippen LogP) is 2.90. The van der Waals surface area contributed by atoms with Crippen LogP contribution < -0.4 is 10.2 Å². The highest BCUT2D eigenvalue weighted by molar-refractivity contribution is 5.56. The average molecular weight is 402 g/mol. The minimum Gasteiger partial charge on any atom is -0.491 e. The number of hydrogen-bond acceptors (Lipinski definition) is 6. The first-order valence-corrected chi connectivity index (χ1v) is 9.82. The van der Waals surface area contributed by atoms with Crippen LogP contribution in [0.4, 0.5) is 0 Å². The number of nitrogens with zero attached hydrogens (tertiary/aromatic N) is 6. The van der Waals surface area contributed by atoms with Crippen LogP contribution in [0.2, 0.25) is 0 Å². The standard InChI is InChI=1S/C22H22N6O2/c1-3-27-15-18(12-25-27)28-9-8-21(29)20(26-28)11-16-6-5-7-17(10-16)22-23-13-19(14-24-22)30-4-2/h5-10,12-15H,3-4,11H2,1-2H3. The van der Waals surface area contributed by atoms with Gasteiger partial charge in [0.25, 0.3) is 0 Å². The third kappa shape index (κ3) is 4.27. The fraction of sp³-hybridized carbons (Fsp3) is 0.227. The predicted molar refractivity (Wildman–Crippen MR) is 113 cm³/mol. The summed E-state index contributed by atoms with van der Waals surface area (Å²) in [6.45, 7) is 5.27. The van der Waals surface area contributed by atoms with E-state index in [-0.39, 0.29) is 5.43 Å². The fourth-order valence-corrected chi connectivity index (χ4v) is 3.08. The van der Waals surface area contributed by atoms with Crippen LogP contribution in [0.25, 0.3) is 17.1 Å². The lowest BCUT2D eigenvalue weighted by Crippen LogP contribution is -2.16. The summed E-state index contributed by atoms with van der Waals surface area (Å²) in [5, 5.41) is 8.79. The topological polar surface area (TPSA) is 87.7 Å². The Morgan fingerprint density at radius 1 is 1.07 bits per heavy atom. The molecule has 3 heterocycles. The van der Waals surface area contributed by atoms with E-state index in [9.17, 15) is 4.79 Å². The molecular weight excluding hydrogens is 380 g/mol. The summed E-state index contributed by atoms with van der Waals surface area (Å²) >= 11 is 0. The van der Waals surface area contributed by atoms with Crippen molar-refractivity contribution < 1.29 is 4.74 Å². The summed E-state index contributed by atoms with van der Waals surface area (Å²) in [4.78, 5) is 21.1. The van der Waals surface area contributed by atoms with Gasteiger partial charge in [-0.2, -0.15) is 10.2 Å². The molecule has 0 spiro atoms. The summed E-state index contributed by atoms with van der Waals surface area (Å²) in [5.74, 6) is 1.24. The fourth-order valence-electron chi connectivity index (χ4n) is 3.08. The zero-order chi connectivity index (χ0) is 20.9. The minimum absolute atomic E-state index is 0.100. The highest BCUT2D eigenvalue weighted by Gasteiger charge is 2.09. The van der Waals surface area contributed by atoms with Crippen LogP contribution in [0.15, 0.2) is 66.1 Å². The number of rotatable bonds is 7. The van der Waals surface area contributed by atoms with Gasteiger partial charge in [0.2, 0.25) is 5.43 Å². The van der Waals surface area contributed by atoms with Gasteiger partial charge in [-0.1, -0.05) is 18.2 Å². The van der Waals surface area contributed by atoms with Crippen LogP contribution in [0.5, 0.6) is 5.75 Å². The van der Waals surface area contributed by atoms with Gasteiger partial charge in [-0.05, 0) is 25.5 Å². The highest BCUT2D eigenvalue weighted by Crippen LogP contribution is 2.19. The van der Waals surface area contributed by atoms with Crippen molar-refractivity contribution in [1.29, 1.82) is 0 Å². The van der Waals surface area contributed by atoms with Gasteiger partial charge < -0.3 is 4.74 Å². The molecule has 0 aliphatic heterocycles. The summed E-state index contributed by atoms with van der Waals surface area (Å²) in [5.41, 5.74) is 3.01. The van der Waals surface area contributed by atoms with Gasteiger partial charge in [-0.3, -0.25) is 9.48 Å². The normalized spacial score (nSPS) is 10.9. The summed E-state index contributed by atoms with van der Waals surface area (Å²) in [6.07, 6.45) is 9.01. The Hall–Kier alpha value is -3.81. The van der Waals surface area contributed by atoms with Crippen LogP contribution in [0, 0.1) is 0 Å². The number of hydrogen-bond donors (Lipinski definition) is 0. The molecule has 152 valence electrons. The Labute approximate surface area is 173 Å². The Morgan fingerprint density at radius 3 is 2.63 bits per heavy atom. The van der Waals surface area contributed by atoms with Crippen molar-refractivity contribution in [3.8, 4) is 22.8 Å². The number of aryl methyl sites for hydroxylation is 1. The second-order valence-corrected chi connectivity index (χ2v) is 6.68. The van der Waals surface area contributed by atoms with E-state index in [4.69, 9.17) is 4.74 Å². The molecule has 8 heteroatoms. The van der Waals surface area contributed by atoms with Crippen LogP contribution in [0.3, 0.4) is 0 Å². The van der Waals surface area contributed by atoms with Crippen molar-refractivity contribution in [2.45, 2.75) is 26.8 Å². The Bertz CT molecular complexity index is 1200. The molecule has 0 amide bonds. The van der Waals surface area contributed by atoms with Crippen molar-refractivity contribution in [2.24, 2.45) is 0 Å². The van der Waals surface area contributed by atoms with Crippen LogP contribution in [-0.2, 0) is 13.0 Å². The first-order chi connectivity index (χ1) is 14.7. The van der Waals surface area contributed by atoms with E-state index >= 15 is 0 Å². The molecule has 4 aromatic rings. The van der Waals surface area contributed by atoms with Crippen LogP contribution in [0.1, 0.15) is 25.1 Å². The van der Waals surface area contributed by atoms with Crippen LogP contribution >= 0.6 is 0 Å². The monoisotopic (exact) mass is 402 g/mol. The molecule has 30 heavy (non-hydrogen) atoms. The quantitative estimate of drug-likeness (QED) is 0.472. The molecule has 3 aromatic heterocycles. The first kappa shape index (κ1) is 19.5. The maximum Gasteiger partial charge on any atom is 0.203 e. The largest absolute Gasteiger partial charge is 0.491 e. The minimum atomic E-state index is -0.100. The molecule has 0 aliphatic carbocycles. The Kier molecular flexibility index (Phi) is 5.65. The third-order valence-corrected chi connectivity index (χ3v) is 4.58. The Balaban J connectivity index is 1.59. The van der Waals surface area contributed by atoms with E-state index < -0.39 is 0 Å². The van der Waals surface area contributed by atoms with E-state index in [1.807, 2.05) is 49.0 Å². The maximum atomic E-state index is 12.4. The van der Waals surface area contributed by atoms with Crippen molar-refractivity contribution in [1.82, 2.24) is 29.5 Å². The lowest BCUT2D eigenvalue weighted by atomic mass is 10.1. The molecule has 8 nitrogen and oxygen atoms in total. The molecule has 0 saturated carbocycles. The highest BCUT2D eigenvalue weighted by atomic mass is 16.5. The van der Waals surface area contributed by atoms with Crippen molar-refractivity contribution in [3.63, 3.8) is 0 Å². The van der Waals surface area contributed by atoms with Gasteiger partial charge in [0.05, 0.1) is 31.4 Å². The summed E-state index contributed by atoms with van der Waals surface area (Å²) in [7, 11) is 0. The lowest BCUT2D eigenvalue weighted by Gasteiger charge is -2.07. The van der Waals surface area contributed by atoms with E-state index in [0.717, 1.165) is 23.4 Å².